The molecule has 0 saturated carbocycles. The Morgan fingerprint density at radius 3 is 2.65 bits per heavy atom. The Morgan fingerprint density at radius 2 is 1.91 bits per heavy atom. The van der Waals surface area contributed by atoms with E-state index < -0.39 is 0 Å². The Balaban J connectivity index is 2.00. The molecule has 0 aliphatic rings. The van der Waals surface area contributed by atoms with E-state index in [0.717, 1.165) is 27.1 Å². The van der Waals surface area contributed by atoms with Crippen molar-refractivity contribution in [1.82, 2.24) is 4.37 Å². The highest BCUT2D eigenvalue weighted by Crippen LogP contribution is 2.29. The Morgan fingerprint density at radius 1 is 1.09 bits per heavy atom. The molecule has 0 bridgehead atoms. The highest BCUT2D eigenvalue weighted by molar-refractivity contribution is 7.09. The van der Waals surface area contributed by atoms with Crippen LogP contribution in [0.25, 0.3) is 32.1 Å². The molecule has 5 heteroatoms. The standard InChI is InChI=1S/C18H14N2O2S/c1-20-10-12-7-13(22-2)4-6-14(12)15-5-3-11(8-16(15)20)17-9-18(21)19-23-17/h3-10H,1-2H3/p+1. The zero-order chi connectivity index (χ0) is 16.0. The maximum Gasteiger partial charge on any atom is 0.258 e. The number of aromatic nitrogens is 2. The van der Waals surface area contributed by atoms with Crippen LogP contribution in [-0.2, 0) is 7.05 Å². The second-order valence-electron chi connectivity index (χ2n) is 5.50. The molecule has 0 fully saturated rings. The average molecular weight is 323 g/mol. The van der Waals surface area contributed by atoms with Crippen LogP contribution in [0.2, 0.25) is 0 Å². The van der Waals surface area contributed by atoms with Crippen molar-refractivity contribution in [1.29, 1.82) is 0 Å². The lowest BCUT2D eigenvalue weighted by atomic mass is 10.0. The van der Waals surface area contributed by atoms with Crippen molar-refractivity contribution in [3.8, 4) is 16.2 Å². The van der Waals surface area contributed by atoms with Gasteiger partial charge in [0.15, 0.2) is 6.20 Å². The first-order valence-corrected chi connectivity index (χ1v) is 8.06. The lowest BCUT2D eigenvalue weighted by Crippen LogP contribution is -2.28. The van der Waals surface area contributed by atoms with Crippen molar-refractivity contribution in [3.05, 3.63) is 59.0 Å². The van der Waals surface area contributed by atoms with Crippen LogP contribution in [0.1, 0.15) is 0 Å². The van der Waals surface area contributed by atoms with E-state index in [9.17, 15) is 4.79 Å². The van der Waals surface area contributed by atoms with Crippen LogP contribution in [0.4, 0.5) is 0 Å². The molecule has 0 atom stereocenters. The van der Waals surface area contributed by atoms with Crippen molar-refractivity contribution < 1.29 is 9.30 Å². The van der Waals surface area contributed by atoms with Crippen LogP contribution in [0.3, 0.4) is 0 Å². The number of pyridine rings is 1. The first-order valence-electron chi connectivity index (χ1n) is 7.25. The number of nitrogens with one attached hydrogen (secondary N) is 1. The van der Waals surface area contributed by atoms with E-state index in [1.54, 1.807) is 13.2 Å². The molecule has 114 valence electrons. The van der Waals surface area contributed by atoms with E-state index in [2.05, 4.69) is 39.4 Å². The quantitative estimate of drug-likeness (QED) is 0.455. The number of aryl methyl sites for hydroxylation is 1. The summed E-state index contributed by atoms with van der Waals surface area (Å²) in [5, 5.41) is 3.50. The Kier molecular flexibility index (Phi) is 3.16. The maximum absolute atomic E-state index is 11.4. The molecule has 0 aliphatic carbocycles. The van der Waals surface area contributed by atoms with Gasteiger partial charge in [-0.25, -0.2) is 4.57 Å². The largest absolute Gasteiger partial charge is 0.497 e. The Bertz CT molecular complexity index is 1100. The van der Waals surface area contributed by atoms with Gasteiger partial charge >= 0.3 is 0 Å². The third-order valence-corrected chi connectivity index (χ3v) is 4.94. The zero-order valence-corrected chi connectivity index (χ0v) is 13.6. The first-order chi connectivity index (χ1) is 11.2. The van der Waals surface area contributed by atoms with Crippen LogP contribution >= 0.6 is 11.5 Å². The molecule has 4 rings (SSSR count). The molecule has 0 spiro atoms. The van der Waals surface area contributed by atoms with E-state index in [4.69, 9.17) is 4.74 Å². The molecule has 0 aliphatic heterocycles. The summed E-state index contributed by atoms with van der Waals surface area (Å²) in [5.74, 6) is 0.852. The number of hydrogen-bond acceptors (Lipinski definition) is 3. The highest BCUT2D eigenvalue weighted by atomic mass is 32.1. The van der Waals surface area contributed by atoms with Crippen molar-refractivity contribution >= 4 is 33.2 Å². The predicted octanol–water partition coefficient (Wildman–Crippen LogP) is 3.24. The molecule has 4 aromatic rings. The van der Waals surface area contributed by atoms with Gasteiger partial charge < -0.3 is 4.74 Å². The van der Waals surface area contributed by atoms with Gasteiger partial charge in [-0.3, -0.25) is 9.17 Å². The summed E-state index contributed by atoms with van der Waals surface area (Å²) in [6.45, 7) is 0. The summed E-state index contributed by atoms with van der Waals surface area (Å²) in [5.41, 5.74) is 2.12. The zero-order valence-electron chi connectivity index (χ0n) is 12.8. The van der Waals surface area contributed by atoms with Crippen LogP contribution in [-0.4, -0.2) is 11.5 Å². The molecule has 0 amide bonds. The summed E-state index contributed by atoms with van der Waals surface area (Å²) in [6.07, 6.45) is 2.10. The minimum Gasteiger partial charge on any atom is -0.497 e. The number of rotatable bonds is 2. The molecule has 2 heterocycles. The topological polar surface area (TPSA) is 46.0 Å². The average Bonchev–Trinajstić information content (AvgIpc) is 3.00. The van der Waals surface area contributed by atoms with Gasteiger partial charge in [-0.05, 0) is 29.8 Å². The number of benzene rings is 2. The number of aromatic amines is 1. The number of hydrogen-bond donors (Lipinski definition) is 1. The van der Waals surface area contributed by atoms with Gasteiger partial charge in [0, 0.05) is 17.5 Å². The second-order valence-corrected chi connectivity index (χ2v) is 6.35. The van der Waals surface area contributed by atoms with Gasteiger partial charge in [0.2, 0.25) is 5.52 Å². The molecule has 23 heavy (non-hydrogen) atoms. The van der Waals surface area contributed by atoms with Crippen LogP contribution < -0.4 is 14.9 Å². The Labute approximate surface area is 136 Å². The summed E-state index contributed by atoms with van der Waals surface area (Å²) in [4.78, 5) is 12.3. The van der Waals surface area contributed by atoms with Gasteiger partial charge in [-0.1, -0.05) is 17.6 Å². The van der Waals surface area contributed by atoms with Crippen molar-refractivity contribution in [2.24, 2.45) is 7.05 Å². The molecule has 2 aromatic carbocycles. The van der Waals surface area contributed by atoms with Gasteiger partial charge in [-0.2, -0.15) is 0 Å². The van der Waals surface area contributed by atoms with Crippen LogP contribution in [0, 0.1) is 0 Å². The molecular weight excluding hydrogens is 308 g/mol. The van der Waals surface area contributed by atoms with E-state index in [1.165, 1.54) is 22.3 Å². The fourth-order valence-electron chi connectivity index (χ4n) is 2.93. The van der Waals surface area contributed by atoms with Crippen molar-refractivity contribution in [3.63, 3.8) is 0 Å². The van der Waals surface area contributed by atoms with Crippen LogP contribution in [0.5, 0.6) is 5.75 Å². The molecule has 0 unspecified atom stereocenters. The number of methoxy groups -OCH3 is 1. The number of nitrogens with zero attached hydrogens (tertiary/aromatic N) is 1. The first kappa shape index (κ1) is 14.0. The summed E-state index contributed by atoms with van der Waals surface area (Å²) in [6, 6.07) is 14.0. The highest BCUT2D eigenvalue weighted by Gasteiger charge is 2.13. The molecular formula is C18H15N2O2S+. The fourth-order valence-corrected chi connectivity index (χ4v) is 3.61. The molecule has 0 radical (unpaired) electrons. The lowest BCUT2D eigenvalue weighted by molar-refractivity contribution is -0.643. The SMILES string of the molecule is COc1ccc2c(c1)c[n+](C)c1cc(-c3cc(=O)[nH]s3)ccc21. The second kappa shape index (κ2) is 5.21. The maximum atomic E-state index is 11.4. The minimum atomic E-state index is -0.0555. The van der Waals surface area contributed by atoms with E-state index in [0.29, 0.717) is 0 Å². The number of fused-ring (bicyclic) bond motifs is 3. The molecule has 4 nitrogen and oxygen atoms in total. The number of H-pyrrole nitrogens is 1. The summed E-state index contributed by atoms with van der Waals surface area (Å²) in [7, 11) is 3.71. The molecule has 1 N–H and O–H groups in total. The van der Waals surface area contributed by atoms with Gasteiger partial charge in [0.25, 0.3) is 5.56 Å². The monoisotopic (exact) mass is 323 g/mol. The van der Waals surface area contributed by atoms with Crippen molar-refractivity contribution in [2.45, 2.75) is 0 Å². The predicted molar refractivity (Wildman–Crippen MR) is 93.1 cm³/mol. The van der Waals surface area contributed by atoms with E-state index in [-0.39, 0.29) is 5.56 Å². The third kappa shape index (κ3) is 2.29. The summed E-state index contributed by atoms with van der Waals surface area (Å²) < 4.78 is 10.2. The molecule has 2 aromatic heterocycles. The fraction of sp³-hybridized carbons (Fsp3) is 0.111. The van der Waals surface area contributed by atoms with E-state index >= 15 is 0 Å². The third-order valence-electron chi connectivity index (χ3n) is 4.07. The minimum absolute atomic E-state index is 0.0555. The van der Waals surface area contributed by atoms with Gasteiger partial charge in [0.1, 0.15) is 12.8 Å². The van der Waals surface area contributed by atoms with Crippen LogP contribution in [0.15, 0.2) is 53.5 Å². The number of ether oxygens (including phenoxy) is 1. The van der Waals surface area contributed by atoms with Crippen molar-refractivity contribution in [2.75, 3.05) is 7.11 Å². The van der Waals surface area contributed by atoms with Gasteiger partial charge in [-0.15, -0.1) is 0 Å². The van der Waals surface area contributed by atoms with Gasteiger partial charge in [0.05, 0.1) is 22.8 Å². The summed E-state index contributed by atoms with van der Waals surface area (Å²) >= 11 is 1.36. The molecule has 0 saturated heterocycles. The Hall–Kier alpha value is -2.66. The van der Waals surface area contributed by atoms with E-state index in [1.807, 2.05) is 19.2 Å². The smallest absolute Gasteiger partial charge is 0.258 e. The lowest BCUT2D eigenvalue weighted by Gasteiger charge is -2.06. The normalized spacial score (nSPS) is 11.2.